The van der Waals surface area contributed by atoms with Crippen LogP contribution in [0.1, 0.15) is 0 Å². The van der Waals surface area contributed by atoms with Crippen molar-refractivity contribution in [2.24, 2.45) is 0 Å². The summed E-state index contributed by atoms with van der Waals surface area (Å²) < 4.78 is 39.2. The fraction of sp³-hybridized carbons (Fsp3) is 0.100. The number of pyridine rings is 1. The fourth-order valence-corrected chi connectivity index (χ4v) is 2.07. The van der Waals surface area contributed by atoms with Gasteiger partial charge in [-0.25, -0.2) is 0 Å². The lowest BCUT2D eigenvalue weighted by Gasteiger charge is -2.06. The summed E-state index contributed by atoms with van der Waals surface area (Å²) in [5.41, 5.74) is 0.160. The first kappa shape index (κ1) is 15.4. The van der Waals surface area contributed by atoms with Crippen LogP contribution in [0.3, 0.4) is 0 Å². The van der Waals surface area contributed by atoms with E-state index in [1.165, 1.54) is 17.1 Å². The molecule has 0 aliphatic heterocycles. The summed E-state index contributed by atoms with van der Waals surface area (Å²) in [6.07, 6.45) is 5.38. The van der Waals surface area contributed by atoms with Gasteiger partial charge in [-0.3, -0.25) is 14.5 Å². The van der Waals surface area contributed by atoms with Crippen molar-refractivity contribution in [2.75, 3.05) is 5.32 Å². The van der Waals surface area contributed by atoms with Gasteiger partial charge in [-0.2, -0.15) is 13.5 Å². The molecule has 1 N–H and O–H groups in total. The normalized spacial score (nSPS) is 11.1. The van der Waals surface area contributed by atoms with Crippen molar-refractivity contribution in [3.8, 4) is 5.75 Å². The average molecular weight is 379 g/mol. The molecule has 0 radical (unpaired) electrons. The van der Waals surface area contributed by atoms with Crippen molar-refractivity contribution >= 4 is 38.0 Å². The molecule has 0 saturated heterocycles. The van der Waals surface area contributed by atoms with E-state index in [1.54, 1.807) is 6.20 Å². The predicted octanol–water partition coefficient (Wildman–Crippen LogP) is 1.27. The van der Waals surface area contributed by atoms with Crippen LogP contribution in [0.25, 0.3) is 0 Å². The highest BCUT2D eigenvalue weighted by atomic mass is 79.9. The van der Waals surface area contributed by atoms with Crippen molar-refractivity contribution in [1.29, 1.82) is 0 Å². The summed E-state index contributed by atoms with van der Waals surface area (Å²) in [4.78, 5) is 15.4. The van der Waals surface area contributed by atoms with E-state index >= 15 is 0 Å². The molecule has 2 aromatic rings. The van der Waals surface area contributed by atoms with Crippen molar-refractivity contribution < 1.29 is 21.3 Å². The number of amides is 1. The quantitative estimate of drug-likeness (QED) is 0.785. The molecule has 112 valence electrons. The smallest absolute Gasteiger partial charge is 0.357 e. The van der Waals surface area contributed by atoms with E-state index in [1.807, 2.05) is 0 Å². The first-order valence-corrected chi connectivity index (χ1v) is 7.49. The number of anilines is 1. The Morgan fingerprint density at radius 3 is 2.81 bits per heavy atom. The van der Waals surface area contributed by atoms with Gasteiger partial charge in [-0.1, -0.05) is 3.89 Å². The minimum Gasteiger partial charge on any atom is -0.357 e. The second-order valence-corrected chi connectivity index (χ2v) is 5.66. The Kier molecular flexibility index (Phi) is 4.53. The van der Waals surface area contributed by atoms with Crippen LogP contribution in [-0.2, 0) is 21.8 Å². The van der Waals surface area contributed by atoms with Crippen LogP contribution in [-0.4, -0.2) is 29.1 Å². The Morgan fingerprint density at radius 1 is 1.43 bits per heavy atom. The minimum atomic E-state index is -5.14. The topological polar surface area (TPSA) is 103 Å². The van der Waals surface area contributed by atoms with Crippen molar-refractivity contribution in [2.45, 2.75) is 6.54 Å². The molecule has 0 fully saturated rings. The molecule has 11 heteroatoms. The maximum absolute atomic E-state index is 12.4. The van der Waals surface area contributed by atoms with Crippen LogP contribution < -0.4 is 9.50 Å². The molecule has 0 aromatic carbocycles. The van der Waals surface area contributed by atoms with Crippen LogP contribution in [0.15, 0.2) is 35.3 Å². The number of carbonyl (C=O) groups excluding carboxylic acids is 1. The summed E-state index contributed by atoms with van der Waals surface area (Å²) in [5.74, 6) is -0.773. The summed E-state index contributed by atoms with van der Waals surface area (Å²) in [6, 6.07) is 1.13. The molecule has 0 spiro atoms. The molecule has 21 heavy (non-hydrogen) atoms. The molecule has 0 aliphatic carbocycles. The standard InChI is InChI=1S/C10H8BrFN4O4S/c11-7-2-14-16(5-7)6-10(17)15-8-1-9(4-13-3-8)20-21(12,18)19/h1-5H,6H2,(H,15,17). The molecule has 2 aromatic heterocycles. The zero-order valence-corrected chi connectivity index (χ0v) is 12.6. The van der Waals surface area contributed by atoms with Crippen molar-refractivity contribution in [3.05, 3.63) is 35.3 Å². The van der Waals surface area contributed by atoms with E-state index in [0.29, 0.717) is 0 Å². The fourth-order valence-electron chi connectivity index (χ4n) is 1.42. The highest BCUT2D eigenvalue weighted by Crippen LogP contribution is 2.17. The minimum absolute atomic E-state index is 0.0574. The molecule has 2 rings (SSSR count). The lowest BCUT2D eigenvalue weighted by atomic mass is 10.4. The summed E-state index contributed by atoms with van der Waals surface area (Å²) in [6.45, 7) is -0.0574. The van der Waals surface area contributed by atoms with E-state index in [0.717, 1.165) is 16.7 Å². The predicted molar refractivity (Wildman–Crippen MR) is 73.4 cm³/mol. The van der Waals surface area contributed by atoms with Gasteiger partial charge in [0.2, 0.25) is 5.91 Å². The number of hydrogen-bond donors (Lipinski definition) is 1. The third-order valence-electron chi connectivity index (χ3n) is 2.10. The number of nitrogens with zero attached hydrogens (tertiary/aromatic N) is 3. The number of rotatable bonds is 5. The number of carbonyl (C=O) groups is 1. The van der Waals surface area contributed by atoms with Crippen LogP contribution in [0.5, 0.6) is 5.75 Å². The lowest BCUT2D eigenvalue weighted by Crippen LogP contribution is -2.19. The largest absolute Gasteiger partial charge is 0.488 e. The van der Waals surface area contributed by atoms with Gasteiger partial charge >= 0.3 is 10.5 Å². The zero-order chi connectivity index (χ0) is 15.5. The Morgan fingerprint density at radius 2 is 2.19 bits per heavy atom. The van der Waals surface area contributed by atoms with Gasteiger partial charge in [0, 0.05) is 12.3 Å². The molecular weight excluding hydrogens is 371 g/mol. The Hall–Kier alpha value is -2.01. The number of nitrogens with one attached hydrogen (secondary N) is 1. The second kappa shape index (κ2) is 6.18. The van der Waals surface area contributed by atoms with Crippen LogP contribution in [0.2, 0.25) is 0 Å². The molecule has 0 saturated carbocycles. The monoisotopic (exact) mass is 378 g/mol. The van der Waals surface area contributed by atoms with Gasteiger partial charge in [0.25, 0.3) is 0 Å². The highest BCUT2D eigenvalue weighted by Gasteiger charge is 2.11. The maximum Gasteiger partial charge on any atom is 0.488 e. The summed E-state index contributed by atoms with van der Waals surface area (Å²) in [5, 5.41) is 6.35. The molecule has 0 unspecified atom stereocenters. The Labute approximate surface area is 127 Å². The Bertz CT molecular complexity index is 764. The molecular formula is C10H8BrFN4O4S. The molecule has 0 atom stereocenters. The number of halogens is 2. The van der Waals surface area contributed by atoms with E-state index in [-0.39, 0.29) is 18.0 Å². The van der Waals surface area contributed by atoms with E-state index in [2.05, 4.69) is 35.5 Å². The second-order valence-electron chi connectivity index (χ2n) is 3.79. The number of hydrogen-bond acceptors (Lipinski definition) is 6. The van der Waals surface area contributed by atoms with Crippen LogP contribution in [0.4, 0.5) is 9.57 Å². The third kappa shape index (κ3) is 5.11. The SMILES string of the molecule is O=C(Cn1cc(Br)cn1)Nc1cncc(OS(=O)(=O)F)c1. The zero-order valence-electron chi connectivity index (χ0n) is 10.2. The maximum atomic E-state index is 12.4. The summed E-state index contributed by atoms with van der Waals surface area (Å²) in [7, 11) is -5.14. The van der Waals surface area contributed by atoms with E-state index in [9.17, 15) is 17.1 Å². The molecule has 1 amide bonds. The molecule has 8 nitrogen and oxygen atoms in total. The molecule has 0 aliphatic rings. The van der Waals surface area contributed by atoms with Gasteiger partial charge < -0.3 is 9.50 Å². The average Bonchev–Trinajstić information content (AvgIpc) is 2.72. The molecule has 0 bridgehead atoms. The van der Waals surface area contributed by atoms with Gasteiger partial charge in [0.15, 0.2) is 5.75 Å². The Balaban J connectivity index is 2.02. The van der Waals surface area contributed by atoms with Crippen molar-refractivity contribution in [1.82, 2.24) is 14.8 Å². The molecule has 2 heterocycles. The third-order valence-corrected chi connectivity index (χ3v) is 2.90. The van der Waals surface area contributed by atoms with E-state index < -0.39 is 16.4 Å². The van der Waals surface area contributed by atoms with Gasteiger partial charge in [0.1, 0.15) is 6.54 Å². The van der Waals surface area contributed by atoms with Crippen LogP contribution in [0, 0.1) is 0 Å². The van der Waals surface area contributed by atoms with E-state index in [4.69, 9.17) is 0 Å². The van der Waals surface area contributed by atoms with Gasteiger partial charge in [-0.05, 0) is 15.9 Å². The van der Waals surface area contributed by atoms with Gasteiger partial charge in [-0.15, -0.1) is 0 Å². The first-order valence-electron chi connectivity index (χ1n) is 5.39. The van der Waals surface area contributed by atoms with Crippen molar-refractivity contribution in [3.63, 3.8) is 0 Å². The lowest BCUT2D eigenvalue weighted by molar-refractivity contribution is -0.116. The first-order chi connectivity index (χ1) is 9.82. The highest BCUT2D eigenvalue weighted by molar-refractivity contribution is 9.10. The van der Waals surface area contributed by atoms with Crippen LogP contribution >= 0.6 is 15.9 Å². The summed E-state index contributed by atoms with van der Waals surface area (Å²) >= 11 is 3.19. The van der Waals surface area contributed by atoms with Gasteiger partial charge in [0.05, 0.1) is 28.8 Å². The number of aromatic nitrogens is 3.